The highest BCUT2D eigenvalue weighted by Crippen LogP contribution is 2.26. The van der Waals surface area contributed by atoms with E-state index < -0.39 is 16.2 Å². The molecule has 1 aliphatic heterocycles. The summed E-state index contributed by atoms with van der Waals surface area (Å²) < 4.78 is 29.0. The van der Waals surface area contributed by atoms with E-state index in [0.29, 0.717) is 15.1 Å². The van der Waals surface area contributed by atoms with Crippen molar-refractivity contribution in [3.8, 4) is 11.1 Å². The Morgan fingerprint density at radius 2 is 1.80 bits per heavy atom. The Morgan fingerprint density at radius 1 is 1.16 bits per heavy atom. The maximum Gasteiger partial charge on any atom is 0.354 e. The van der Waals surface area contributed by atoms with E-state index in [9.17, 15) is 18.3 Å². The Bertz CT molecular complexity index is 868. The van der Waals surface area contributed by atoms with Gasteiger partial charge < -0.3 is 9.84 Å². The third-order valence-electron chi connectivity index (χ3n) is 4.10. The van der Waals surface area contributed by atoms with E-state index in [1.54, 1.807) is 12.1 Å². The Morgan fingerprint density at radius 3 is 2.36 bits per heavy atom. The average Bonchev–Trinajstić information content (AvgIpc) is 3.02. The van der Waals surface area contributed by atoms with Gasteiger partial charge in [-0.3, -0.25) is 4.90 Å². The largest absolute Gasteiger partial charge is 0.477 e. The number of hydrogen-bond donors (Lipinski definition) is 2. The monoisotopic (exact) mass is 365 g/mol. The molecule has 0 radical (unpaired) electrons. The van der Waals surface area contributed by atoms with Crippen molar-refractivity contribution < 1.29 is 23.1 Å². The maximum atomic E-state index is 11.5. The zero-order chi connectivity index (χ0) is 18.0. The van der Waals surface area contributed by atoms with E-state index in [0.717, 1.165) is 44.6 Å². The molecule has 1 saturated heterocycles. The first-order chi connectivity index (χ1) is 11.9. The fraction of sp³-hybridized carbons (Fsp3) is 0.312. The van der Waals surface area contributed by atoms with Crippen molar-refractivity contribution in [1.82, 2.24) is 8.87 Å². The predicted octanol–water partition coefficient (Wildman–Crippen LogP) is 0.737. The van der Waals surface area contributed by atoms with Crippen molar-refractivity contribution in [2.45, 2.75) is 6.54 Å². The number of nitrogens with two attached hydrogens (primary N) is 1. The molecule has 3 rings (SSSR count). The van der Waals surface area contributed by atoms with E-state index in [1.165, 1.54) is 6.07 Å². The van der Waals surface area contributed by atoms with E-state index >= 15 is 0 Å². The van der Waals surface area contributed by atoms with Gasteiger partial charge in [0.25, 0.3) is 0 Å². The first-order valence-corrected chi connectivity index (χ1v) is 9.24. The van der Waals surface area contributed by atoms with Gasteiger partial charge in [-0.25, -0.2) is 13.9 Å². The van der Waals surface area contributed by atoms with Crippen molar-refractivity contribution in [1.29, 1.82) is 0 Å². The van der Waals surface area contributed by atoms with E-state index in [-0.39, 0.29) is 5.69 Å². The van der Waals surface area contributed by atoms with E-state index in [4.69, 9.17) is 9.88 Å². The molecule has 2 aromatic rings. The molecule has 0 aliphatic carbocycles. The lowest BCUT2D eigenvalue weighted by molar-refractivity contribution is 0.0342. The summed E-state index contributed by atoms with van der Waals surface area (Å²) in [4.78, 5) is 13.8. The Hall–Kier alpha value is -2.20. The van der Waals surface area contributed by atoms with Gasteiger partial charge in [0, 0.05) is 31.4 Å². The lowest BCUT2D eigenvalue weighted by Crippen LogP contribution is -2.35. The van der Waals surface area contributed by atoms with Crippen molar-refractivity contribution in [3.05, 3.63) is 47.8 Å². The van der Waals surface area contributed by atoms with Crippen LogP contribution in [0.15, 0.2) is 36.5 Å². The molecule has 1 aliphatic rings. The van der Waals surface area contributed by atoms with Gasteiger partial charge in [0.2, 0.25) is 0 Å². The van der Waals surface area contributed by atoms with Crippen molar-refractivity contribution in [2.24, 2.45) is 5.14 Å². The minimum absolute atomic E-state index is 0.305. The zero-order valence-corrected chi connectivity index (χ0v) is 14.3. The highest BCUT2D eigenvalue weighted by Gasteiger charge is 2.22. The van der Waals surface area contributed by atoms with Gasteiger partial charge in [0.1, 0.15) is 0 Å². The summed E-state index contributed by atoms with van der Waals surface area (Å²) in [5.74, 6) is -1.36. The number of ether oxygens (including phenoxy) is 1. The number of aromatic carboxylic acids is 1. The van der Waals surface area contributed by atoms with Gasteiger partial charge in [0.05, 0.1) is 13.2 Å². The van der Waals surface area contributed by atoms with Crippen LogP contribution in [0.2, 0.25) is 0 Å². The van der Waals surface area contributed by atoms with Crippen LogP contribution in [0.5, 0.6) is 0 Å². The molecule has 0 spiro atoms. The van der Waals surface area contributed by atoms with Crippen LogP contribution in [0.1, 0.15) is 16.1 Å². The van der Waals surface area contributed by atoms with Gasteiger partial charge in [0.15, 0.2) is 5.69 Å². The smallest absolute Gasteiger partial charge is 0.354 e. The lowest BCUT2D eigenvalue weighted by Gasteiger charge is -2.26. The Labute approximate surface area is 145 Å². The molecule has 1 fully saturated rings. The summed E-state index contributed by atoms with van der Waals surface area (Å²) in [5, 5.41) is 14.4. The number of carbonyl (C=O) groups is 1. The summed E-state index contributed by atoms with van der Waals surface area (Å²) in [6.45, 7) is 3.99. The summed E-state index contributed by atoms with van der Waals surface area (Å²) in [6, 6.07) is 8.82. The summed E-state index contributed by atoms with van der Waals surface area (Å²) in [7, 11) is -4.18. The second-order valence-electron chi connectivity index (χ2n) is 5.81. The molecule has 8 nitrogen and oxygen atoms in total. The third kappa shape index (κ3) is 3.90. The fourth-order valence-corrected chi connectivity index (χ4v) is 3.54. The molecule has 1 aromatic heterocycles. The molecule has 0 saturated carbocycles. The number of carboxylic acids is 1. The number of carboxylic acid groups (broad SMARTS) is 1. The Kier molecular flexibility index (Phi) is 4.91. The molecule has 0 bridgehead atoms. The quantitative estimate of drug-likeness (QED) is 0.807. The summed E-state index contributed by atoms with van der Waals surface area (Å²) in [5.41, 5.74) is 1.64. The molecule has 0 amide bonds. The third-order valence-corrected chi connectivity index (χ3v) is 4.96. The average molecular weight is 365 g/mol. The second-order valence-corrected chi connectivity index (χ2v) is 7.23. The van der Waals surface area contributed by atoms with Gasteiger partial charge in [-0.1, -0.05) is 24.3 Å². The number of hydrogen-bond acceptors (Lipinski definition) is 5. The Balaban J connectivity index is 1.87. The zero-order valence-electron chi connectivity index (χ0n) is 13.5. The SMILES string of the molecule is NS(=O)(=O)n1ccc(-c2ccc(CN3CCOCC3)cc2)c1C(=O)O. The molecule has 3 N–H and O–H groups in total. The van der Waals surface area contributed by atoms with Crippen LogP contribution in [0.25, 0.3) is 11.1 Å². The van der Waals surface area contributed by atoms with Crippen LogP contribution in [0, 0.1) is 0 Å². The standard InChI is InChI=1S/C16H19N3O5S/c17-25(22,23)19-6-5-14(15(19)16(20)21)13-3-1-12(2-4-13)11-18-7-9-24-10-8-18/h1-6H,7-11H2,(H,20,21)(H2,17,22,23). The van der Waals surface area contributed by atoms with Gasteiger partial charge in [-0.2, -0.15) is 8.42 Å². The molecule has 25 heavy (non-hydrogen) atoms. The molecule has 134 valence electrons. The van der Waals surface area contributed by atoms with Crippen LogP contribution in [-0.2, 0) is 21.5 Å². The molecule has 9 heteroatoms. The van der Waals surface area contributed by atoms with Gasteiger partial charge in [-0.15, -0.1) is 0 Å². The van der Waals surface area contributed by atoms with E-state index in [2.05, 4.69) is 4.90 Å². The number of benzene rings is 1. The molecular weight excluding hydrogens is 346 g/mol. The van der Waals surface area contributed by atoms with Crippen molar-refractivity contribution in [2.75, 3.05) is 26.3 Å². The topological polar surface area (TPSA) is 115 Å². The van der Waals surface area contributed by atoms with Crippen molar-refractivity contribution >= 4 is 16.2 Å². The molecular formula is C16H19N3O5S. The van der Waals surface area contributed by atoms with Gasteiger partial charge in [-0.05, 0) is 17.2 Å². The van der Waals surface area contributed by atoms with Crippen LogP contribution < -0.4 is 5.14 Å². The highest BCUT2D eigenvalue weighted by atomic mass is 32.2. The highest BCUT2D eigenvalue weighted by molar-refractivity contribution is 7.87. The minimum Gasteiger partial charge on any atom is -0.477 e. The normalized spacial score (nSPS) is 16.0. The number of nitrogens with zero attached hydrogens (tertiary/aromatic N) is 2. The number of aromatic nitrogens is 1. The van der Waals surface area contributed by atoms with Crippen molar-refractivity contribution in [3.63, 3.8) is 0 Å². The number of rotatable bonds is 5. The van der Waals surface area contributed by atoms with Crippen LogP contribution in [-0.4, -0.2) is 54.7 Å². The minimum atomic E-state index is -4.18. The fourth-order valence-electron chi connectivity index (χ4n) is 2.88. The lowest BCUT2D eigenvalue weighted by atomic mass is 10.0. The maximum absolute atomic E-state index is 11.5. The summed E-state index contributed by atoms with van der Waals surface area (Å²) >= 11 is 0. The van der Waals surface area contributed by atoms with Crippen LogP contribution in [0.3, 0.4) is 0 Å². The molecule has 0 atom stereocenters. The first kappa shape index (κ1) is 17.6. The molecule has 0 unspecified atom stereocenters. The van der Waals surface area contributed by atoms with Crippen LogP contribution >= 0.6 is 0 Å². The molecule has 2 heterocycles. The van der Waals surface area contributed by atoms with Crippen LogP contribution in [0.4, 0.5) is 0 Å². The predicted molar refractivity (Wildman–Crippen MR) is 91.4 cm³/mol. The first-order valence-electron chi connectivity index (χ1n) is 7.73. The second kappa shape index (κ2) is 6.96. The van der Waals surface area contributed by atoms with E-state index in [1.807, 2.05) is 12.1 Å². The van der Waals surface area contributed by atoms with Gasteiger partial charge >= 0.3 is 16.2 Å². The molecule has 1 aromatic carbocycles. The summed E-state index contributed by atoms with van der Waals surface area (Å²) in [6.07, 6.45) is 1.15. The number of morpholine rings is 1.